The van der Waals surface area contributed by atoms with Gasteiger partial charge in [0, 0.05) is 24.6 Å². The van der Waals surface area contributed by atoms with E-state index in [9.17, 15) is 9.90 Å². The number of hydrogen-bond donors (Lipinski definition) is 1. The van der Waals surface area contributed by atoms with Gasteiger partial charge in [-0.15, -0.1) is 0 Å². The normalized spacial score (nSPS) is 28.0. The lowest BCUT2D eigenvalue weighted by atomic mass is 9.48. The number of rotatable bonds is 5. The first-order valence-corrected chi connectivity index (χ1v) is 8.06. The Hall–Kier alpha value is -1.75. The lowest BCUT2D eigenvalue weighted by Gasteiger charge is -2.55. The number of carbonyl (C=O) groups is 1. The van der Waals surface area contributed by atoms with Crippen LogP contribution in [0.4, 0.5) is 0 Å². The number of ether oxygens (including phenoxy) is 2. The van der Waals surface area contributed by atoms with Gasteiger partial charge in [0.15, 0.2) is 6.61 Å². The van der Waals surface area contributed by atoms with Crippen LogP contribution in [-0.4, -0.2) is 49.3 Å². The molecule has 0 aromatic heterocycles. The Morgan fingerprint density at radius 1 is 1.39 bits per heavy atom. The molecule has 126 valence electrons. The summed E-state index contributed by atoms with van der Waals surface area (Å²) in [6.45, 7) is 5.95. The molecule has 5 heteroatoms. The van der Waals surface area contributed by atoms with Gasteiger partial charge >= 0.3 is 0 Å². The zero-order chi connectivity index (χ0) is 16.7. The summed E-state index contributed by atoms with van der Waals surface area (Å²) in [7, 11) is 1.60. The molecule has 1 aromatic carbocycles. The third-order valence-corrected chi connectivity index (χ3v) is 5.47. The number of amides is 1. The maximum absolute atomic E-state index is 12.4. The van der Waals surface area contributed by atoms with Gasteiger partial charge in [-0.2, -0.15) is 0 Å². The van der Waals surface area contributed by atoms with Gasteiger partial charge in [-0.25, -0.2) is 0 Å². The number of benzene rings is 1. The number of hydrogen-bond acceptors (Lipinski definition) is 4. The average molecular weight is 319 g/mol. The molecule has 1 saturated carbocycles. The Morgan fingerprint density at radius 3 is 2.74 bits per heavy atom. The number of aliphatic hydroxyl groups excluding tert-OH is 1. The molecule has 0 radical (unpaired) electrons. The van der Waals surface area contributed by atoms with Gasteiger partial charge in [-0.3, -0.25) is 4.79 Å². The molecule has 1 amide bonds. The van der Waals surface area contributed by atoms with Crippen molar-refractivity contribution in [3.05, 3.63) is 24.3 Å². The van der Waals surface area contributed by atoms with Crippen LogP contribution in [0.2, 0.25) is 0 Å². The molecule has 0 bridgehead atoms. The SMILES string of the molecule is COc1cccc(OCC(=O)N2C[C@@H]3C(C)(C)C[C@]3(CO)C2)c1. The third kappa shape index (κ3) is 2.78. The summed E-state index contributed by atoms with van der Waals surface area (Å²) in [5.41, 5.74) is 0.0978. The Bertz CT molecular complexity index is 600. The quantitative estimate of drug-likeness (QED) is 0.901. The van der Waals surface area contributed by atoms with Gasteiger partial charge in [-0.1, -0.05) is 19.9 Å². The van der Waals surface area contributed by atoms with E-state index in [2.05, 4.69) is 13.8 Å². The number of carbonyl (C=O) groups excluding carboxylic acids is 1. The molecule has 0 spiro atoms. The predicted molar refractivity (Wildman–Crippen MR) is 86.5 cm³/mol. The zero-order valence-electron chi connectivity index (χ0n) is 14.0. The van der Waals surface area contributed by atoms with Crippen LogP contribution in [0.1, 0.15) is 20.3 Å². The van der Waals surface area contributed by atoms with Crippen molar-refractivity contribution < 1.29 is 19.4 Å². The molecule has 1 saturated heterocycles. The molecule has 2 aliphatic rings. The van der Waals surface area contributed by atoms with Crippen molar-refractivity contribution in [3.8, 4) is 11.5 Å². The summed E-state index contributed by atoms with van der Waals surface area (Å²) in [6.07, 6.45) is 0.974. The molecule has 1 heterocycles. The fourth-order valence-electron chi connectivity index (χ4n) is 4.46. The van der Waals surface area contributed by atoms with Gasteiger partial charge in [0.05, 0.1) is 13.7 Å². The summed E-state index contributed by atoms with van der Waals surface area (Å²) in [4.78, 5) is 14.3. The van der Waals surface area contributed by atoms with E-state index in [0.717, 1.165) is 6.42 Å². The highest BCUT2D eigenvalue weighted by Crippen LogP contribution is 2.62. The van der Waals surface area contributed by atoms with E-state index in [-0.39, 0.29) is 30.0 Å². The van der Waals surface area contributed by atoms with E-state index in [0.29, 0.717) is 30.5 Å². The van der Waals surface area contributed by atoms with Crippen LogP contribution in [0, 0.1) is 16.7 Å². The van der Waals surface area contributed by atoms with Gasteiger partial charge in [0.1, 0.15) is 11.5 Å². The van der Waals surface area contributed by atoms with Crippen LogP contribution >= 0.6 is 0 Å². The van der Waals surface area contributed by atoms with Crippen molar-refractivity contribution in [2.75, 3.05) is 33.4 Å². The number of likely N-dealkylation sites (tertiary alicyclic amines) is 1. The lowest BCUT2D eigenvalue weighted by Crippen LogP contribution is -2.54. The van der Waals surface area contributed by atoms with Gasteiger partial charge in [-0.05, 0) is 29.9 Å². The molecule has 5 nitrogen and oxygen atoms in total. The van der Waals surface area contributed by atoms with E-state index in [4.69, 9.17) is 9.47 Å². The molecule has 1 aromatic rings. The highest BCUT2D eigenvalue weighted by Gasteiger charge is 2.62. The van der Waals surface area contributed by atoms with Crippen molar-refractivity contribution in [3.63, 3.8) is 0 Å². The molecule has 2 fully saturated rings. The van der Waals surface area contributed by atoms with E-state index >= 15 is 0 Å². The van der Waals surface area contributed by atoms with E-state index in [1.165, 1.54) is 0 Å². The van der Waals surface area contributed by atoms with E-state index in [1.807, 2.05) is 23.1 Å². The number of methoxy groups -OCH3 is 1. The summed E-state index contributed by atoms with van der Waals surface area (Å²) in [6, 6.07) is 7.24. The Labute approximate surface area is 137 Å². The van der Waals surface area contributed by atoms with E-state index in [1.54, 1.807) is 13.2 Å². The van der Waals surface area contributed by atoms with Gasteiger partial charge in [0.2, 0.25) is 0 Å². The maximum atomic E-state index is 12.4. The second kappa shape index (κ2) is 5.71. The van der Waals surface area contributed by atoms with E-state index < -0.39 is 0 Å². The summed E-state index contributed by atoms with van der Waals surface area (Å²) in [5.74, 6) is 1.68. The fraction of sp³-hybridized carbons (Fsp3) is 0.611. The molecular weight excluding hydrogens is 294 g/mol. The molecule has 2 atom stereocenters. The maximum Gasteiger partial charge on any atom is 0.260 e. The highest BCUT2D eigenvalue weighted by molar-refractivity contribution is 5.78. The number of fused-ring (bicyclic) bond motifs is 1. The molecule has 23 heavy (non-hydrogen) atoms. The molecule has 3 rings (SSSR count). The lowest BCUT2D eigenvalue weighted by molar-refractivity contribution is -0.132. The highest BCUT2D eigenvalue weighted by atomic mass is 16.5. The number of nitrogens with zero attached hydrogens (tertiary/aromatic N) is 1. The monoisotopic (exact) mass is 319 g/mol. The van der Waals surface area contributed by atoms with Crippen LogP contribution < -0.4 is 9.47 Å². The van der Waals surface area contributed by atoms with Crippen LogP contribution in [0.25, 0.3) is 0 Å². The minimum absolute atomic E-state index is 0.0157. The Morgan fingerprint density at radius 2 is 2.13 bits per heavy atom. The molecule has 0 unspecified atom stereocenters. The largest absolute Gasteiger partial charge is 0.497 e. The van der Waals surface area contributed by atoms with Crippen LogP contribution in [0.3, 0.4) is 0 Å². The van der Waals surface area contributed by atoms with Crippen LogP contribution in [0.5, 0.6) is 11.5 Å². The Kier molecular flexibility index (Phi) is 4.00. The van der Waals surface area contributed by atoms with Crippen molar-refractivity contribution in [1.82, 2.24) is 4.90 Å². The Balaban J connectivity index is 1.59. The summed E-state index contributed by atoms with van der Waals surface area (Å²) in [5, 5.41) is 9.76. The first-order valence-electron chi connectivity index (χ1n) is 8.06. The van der Waals surface area contributed by atoms with Crippen LogP contribution in [-0.2, 0) is 4.79 Å². The minimum Gasteiger partial charge on any atom is -0.497 e. The zero-order valence-corrected chi connectivity index (χ0v) is 14.0. The average Bonchev–Trinajstić information content (AvgIpc) is 2.88. The second-order valence-electron chi connectivity index (χ2n) is 7.48. The van der Waals surface area contributed by atoms with Crippen molar-refractivity contribution in [2.45, 2.75) is 20.3 Å². The second-order valence-corrected chi connectivity index (χ2v) is 7.48. The van der Waals surface area contributed by atoms with Gasteiger partial charge < -0.3 is 19.5 Å². The topological polar surface area (TPSA) is 59.0 Å². The minimum atomic E-state index is -0.102. The molecule has 1 aliphatic heterocycles. The molecule has 1 aliphatic carbocycles. The first kappa shape index (κ1) is 16.1. The van der Waals surface area contributed by atoms with Crippen molar-refractivity contribution in [2.24, 2.45) is 16.7 Å². The molecule has 1 N–H and O–H groups in total. The standard InChI is InChI=1S/C18H25NO4/c1-17(2)10-18(12-20)11-19(8-15(17)18)16(21)9-23-14-6-4-5-13(7-14)22-3/h4-7,15,20H,8-12H2,1-3H3/t15-,18-/m1/s1. The summed E-state index contributed by atoms with van der Waals surface area (Å²) >= 11 is 0. The molecular formula is C18H25NO4. The number of aliphatic hydroxyl groups is 1. The fourth-order valence-corrected chi connectivity index (χ4v) is 4.46. The van der Waals surface area contributed by atoms with Crippen LogP contribution in [0.15, 0.2) is 24.3 Å². The van der Waals surface area contributed by atoms with Crippen molar-refractivity contribution >= 4 is 5.91 Å². The predicted octanol–water partition coefficient (Wildman–Crippen LogP) is 1.94. The van der Waals surface area contributed by atoms with Crippen molar-refractivity contribution in [1.29, 1.82) is 0 Å². The first-order chi connectivity index (χ1) is 10.9. The summed E-state index contributed by atoms with van der Waals surface area (Å²) < 4.78 is 10.7. The smallest absolute Gasteiger partial charge is 0.260 e. The van der Waals surface area contributed by atoms with Gasteiger partial charge in [0.25, 0.3) is 5.91 Å². The third-order valence-electron chi connectivity index (χ3n) is 5.47.